The number of benzene rings is 1. The summed E-state index contributed by atoms with van der Waals surface area (Å²) in [7, 11) is 7.96. The van der Waals surface area contributed by atoms with Crippen molar-refractivity contribution in [2.24, 2.45) is 0 Å². The first-order valence-corrected chi connectivity index (χ1v) is 9.65. The molecule has 0 radical (unpaired) electrons. The molecule has 0 spiro atoms. The van der Waals surface area contributed by atoms with Crippen molar-refractivity contribution in [1.82, 2.24) is 10.6 Å². The molecule has 0 bridgehead atoms. The van der Waals surface area contributed by atoms with Gasteiger partial charge < -0.3 is 30.2 Å². The maximum atomic E-state index is 12.8. The van der Waals surface area contributed by atoms with Gasteiger partial charge in [0.05, 0.1) is 33.1 Å². The molecular formula is C22H27N3O5. The number of anilines is 1. The molecule has 2 amide bonds. The van der Waals surface area contributed by atoms with E-state index >= 15 is 0 Å². The van der Waals surface area contributed by atoms with Crippen molar-refractivity contribution < 1.29 is 19.0 Å². The third-order valence-electron chi connectivity index (χ3n) is 5.34. The summed E-state index contributed by atoms with van der Waals surface area (Å²) in [6, 6.07) is 6.44. The lowest BCUT2D eigenvalue weighted by atomic mass is 9.95. The second-order valence-electron chi connectivity index (χ2n) is 6.87. The Morgan fingerprint density at radius 2 is 1.77 bits per heavy atom. The molecule has 0 heterocycles. The molecule has 8 nitrogen and oxygen atoms in total. The molecule has 160 valence electrons. The Bertz CT molecular complexity index is 1020. The summed E-state index contributed by atoms with van der Waals surface area (Å²) in [5, 5.41) is 8.47. The minimum absolute atomic E-state index is 0.162. The fourth-order valence-electron chi connectivity index (χ4n) is 3.90. The number of rotatable bonds is 5. The topological polar surface area (TPSA) is 97.9 Å². The zero-order valence-electron chi connectivity index (χ0n) is 17.8. The lowest BCUT2D eigenvalue weighted by Crippen LogP contribution is -2.36. The van der Waals surface area contributed by atoms with E-state index in [0.29, 0.717) is 35.8 Å². The standard InChI is InChI=1S/C22H27N3O5/c1-23-16-9-7-13-14(11-17(16)26)15(25-22(27)24-2)8-6-12-10-18(28-3)20(29-4)21(30-5)19(12)13/h7,9-11,15H,6,8H2,1-5H3,(H,23,26)(H2,24,25,27)/t15-/m0/s1. The molecule has 3 N–H and O–H groups in total. The normalized spacial score (nSPS) is 14.5. The molecule has 0 fully saturated rings. The number of methoxy groups -OCH3 is 3. The molecule has 1 aliphatic carbocycles. The second-order valence-corrected chi connectivity index (χ2v) is 6.87. The van der Waals surface area contributed by atoms with Gasteiger partial charge in [0.25, 0.3) is 0 Å². The molecule has 0 saturated carbocycles. The van der Waals surface area contributed by atoms with Gasteiger partial charge in [0.2, 0.25) is 11.2 Å². The number of urea groups is 1. The van der Waals surface area contributed by atoms with Crippen LogP contribution >= 0.6 is 0 Å². The highest BCUT2D eigenvalue weighted by molar-refractivity contribution is 5.83. The Labute approximate surface area is 175 Å². The fourth-order valence-corrected chi connectivity index (χ4v) is 3.90. The van der Waals surface area contributed by atoms with Crippen molar-refractivity contribution in [2.45, 2.75) is 18.9 Å². The number of carbonyl (C=O) groups is 1. The van der Waals surface area contributed by atoms with Crippen LogP contribution in [0.1, 0.15) is 23.6 Å². The van der Waals surface area contributed by atoms with Crippen LogP contribution in [-0.4, -0.2) is 41.5 Å². The summed E-state index contributed by atoms with van der Waals surface area (Å²) in [5.74, 6) is 1.57. The minimum atomic E-state index is -0.362. The van der Waals surface area contributed by atoms with Gasteiger partial charge in [0.1, 0.15) is 0 Å². The Morgan fingerprint density at radius 3 is 2.37 bits per heavy atom. The van der Waals surface area contributed by atoms with Gasteiger partial charge in [-0.25, -0.2) is 4.79 Å². The van der Waals surface area contributed by atoms with Crippen LogP contribution in [0.15, 0.2) is 29.1 Å². The van der Waals surface area contributed by atoms with Gasteiger partial charge in [-0.05, 0) is 47.7 Å². The quantitative estimate of drug-likeness (QED) is 0.697. The van der Waals surface area contributed by atoms with Gasteiger partial charge in [-0.3, -0.25) is 4.79 Å². The van der Waals surface area contributed by atoms with Gasteiger partial charge >= 0.3 is 6.03 Å². The van der Waals surface area contributed by atoms with Crippen LogP contribution < -0.4 is 35.6 Å². The summed E-state index contributed by atoms with van der Waals surface area (Å²) in [5.41, 5.74) is 3.61. The Kier molecular flexibility index (Phi) is 6.34. The Balaban J connectivity index is 2.38. The third-order valence-corrected chi connectivity index (χ3v) is 5.34. The van der Waals surface area contributed by atoms with E-state index < -0.39 is 0 Å². The van der Waals surface area contributed by atoms with Crippen molar-refractivity contribution in [3.8, 4) is 28.4 Å². The third kappa shape index (κ3) is 3.72. The maximum absolute atomic E-state index is 12.8. The number of ether oxygens (including phenoxy) is 3. The van der Waals surface area contributed by atoms with Gasteiger partial charge in [0.15, 0.2) is 11.5 Å². The van der Waals surface area contributed by atoms with E-state index in [1.807, 2.05) is 12.1 Å². The molecule has 3 rings (SSSR count). The molecule has 2 aromatic rings. The highest BCUT2D eigenvalue weighted by Crippen LogP contribution is 2.50. The van der Waals surface area contributed by atoms with E-state index in [4.69, 9.17) is 14.2 Å². The summed E-state index contributed by atoms with van der Waals surface area (Å²) in [6.45, 7) is 0. The van der Waals surface area contributed by atoms with Crippen molar-refractivity contribution in [3.63, 3.8) is 0 Å². The van der Waals surface area contributed by atoms with Gasteiger partial charge in [-0.1, -0.05) is 6.07 Å². The summed E-state index contributed by atoms with van der Waals surface area (Å²) in [4.78, 5) is 24.9. The summed E-state index contributed by atoms with van der Waals surface area (Å²) >= 11 is 0. The lowest BCUT2D eigenvalue weighted by Gasteiger charge is -2.19. The van der Waals surface area contributed by atoms with Crippen LogP contribution in [0, 0.1) is 0 Å². The van der Waals surface area contributed by atoms with E-state index in [-0.39, 0.29) is 17.5 Å². The lowest BCUT2D eigenvalue weighted by molar-refractivity contribution is 0.238. The molecule has 0 aromatic heterocycles. The Morgan fingerprint density at radius 1 is 1.03 bits per heavy atom. The molecule has 0 aliphatic heterocycles. The molecule has 0 unspecified atom stereocenters. The fraction of sp³-hybridized carbons (Fsp3) is 0.364. The molecule has 2 aromatic carbocycles. The van der Waals surface area contributed by atoms with Crippen LogP contribution in [0.25, 0.3) is 11.1 Å². The van der Waals surface area contributed by atoms with E-state index in [0.717, 1.165) is 22.3 Å². The van der Waals surface area contributed by atoms with E-state index in [1.54, 1.807) is 47.6 Å². The second kappa shape index (κ2) is 8.94. The number of carbonyl (C=O) groups excluding carboxylic acids is 1. The SMILES string of the molecule is CNC(=O)N[C@H]1CCc2cc(OC)c(OC)c(OC)c2-c2ccc(NC)c(=O)cc21. The van der Waals surface area contributed by atoms with Crippen LogP contribution in [0.3, 0.4) is 0 Å². The first kappa shape index (κ1) is 21.3. The number of aryl methyl sites for hydroxylation is 1. The number of amides is 2. The zero-order valence-corrected chi connectivity index (χ0v) is 17.8. The molecule has 8 heteroatoms. The van der Waals surface area contributed by atoms with Gasteiger partial charge in [0, 0.05) is 19.7 Å². The van der Waals surface area contributed by atoms with Crippen LogP contribution in [0.2, 0.25) is 0 Å². The predicted molar refractivity (Wildman–Crippen MR) is 116 cm³/mol. The smallest absolute Gasteiger partial charge is 0.315 e. The molecular weight excluding hydrogens is 386 g/mol. The molecule has 30 heavy (non-hydrogen) atoms. The number of nitrogens with one attached hydrogen (secondary N) is 3. The molecule has 1 aliphatic rings. The van der Waals surface area contributed by atoms with Gasteiger partial charge in [-0.15, -0.1) is 0 Å². The largest absolute Gasteiger partial charge is 0.493 e. The van der Waals surface area contributed by atoms with Crippen LogP contribution in [-0.2, 0) is 6.42 Å². The van der Waals surface area contributed by atoms with Gasteiger partial charge in [-0.2, -0.15) is 0 Å². The Hall–Kier alpha value is -3.42. The number of fused-ring (bicyclic) bond motifs is 3. The molecule has 1 atom stereocenters. The van der Waals surface area contributed by atoms with E-state index in [1.165, 1.54) is 0 Å². The monoisotopic (exact) mass is 413 g/mol. The zero-order chi connectivity index (χ0) is 21.8. The summed E-state index contributed by atoms with van der Waals surface area (Å²) in [6.07, 6.45) is 1.25. The minimum Gasteiger partial charge on any atom is -0.493 e. The van der Waals surface area contributed by atoms with Crippen LogP contribution in [0.4, 0.5) is 10.5 Å². The van der Waals surface area contributed by atoms with Crippen molar-refractivity contribution in [3.05, 3.63) is 45.6 Å². The van der Waals surface area contributed by atoms with Crippen molar-refractivity contribution >= 4 is 11.7 Å². The summed E-state index contributed by atoms with van der Waals surface area (Å²) < 4.78 is 16.8. The van der Waals surface area contributed by atoms with Crippen molar-refractivity contribution in [1.29, 1.82) is 0 Å². The highest BCUT2D eigenvalue weighted by Gasteiger charge is 2.29. The average molecular weight is 413 g/mol. The predicted octanol–water partition coefficient (Wildman–Crippen LogP) is 2.70. The van der Waals surface area contributed by atoms with E-state index in [9.17, 15) is 9.59 Å². The van der Waals surface area contributed by atoms with Crippen LogP contribution in [0.5, 0.6) is 17.2 Å². The highest BCUT2D eigenvalue weighted by atomic mass is 16.5. The molecule has 0 saturated heterocycles. The first-order valence-electron chi connectivity index (χ1n) is 9.65. The number of hydrogen-bond donors (Lipinski definition) is 3. The average Bonchev–Trinajstić information content (AvgIpc) is 3.00. The van der Waals surface area contributed by atoms with E-state index in [2.05, 4.69) is 16.0 Å². The first-order chi connectivity index (χ1) is 14.5. The number of hydrogen-bond acceptors (Lipinski definition) is 6. The maximum Gasteiger partial charge on any atom is 0.315 e. The van der Waals surface area contributed by atoms with Crippen molar-refractivity contribution in [2.75, 3.05) is 40.7 Å².